The first-order valence-electron chi connectivity index (χ1n) is 5.48. The molecule has 0 aromatic heterocycles. The molecule has 1 saturated heterocycles. The highest BCUT2D eigenvalue weighted by Gasteiger charge is 2.12. The minimum Gasteiger partial charge on any atom is -0.385 e. The molecular formula is C10H22N2OS. The van der Waals surface area contributed by atoms with Crippen molar-refractivity contribution in [3.63, 3.8) is 0 Å². The molecule has 4 heteroatoms. The monoisotopic (exact) mass is 218 g/mol. The first-order valence-corrected chi connectivity index (χ1v) is 5.88. The second kappa shape index (κ2) is 7.51. The standard InChI is InChI=1S/C10H22N2OS/c1-13-10-4-2-3-5-11-6-8-12(14)9-7-11/h14H,2-10H2,1H3. The minimum atomic E-state index is 0.907. The molecule has 0 unspecified atom stereocenters. The molecule has 1 rings (SSSR count). The van der Waals surface area contributed by atoms with Crippen molar-refractivity contribution in [2.24, 2.45) is 0 Å². The Morgan fingerprint density at radius 1 is 1.07 bits per heavy atom. The zero-order valence-electron chi connectivity index (χ0n) is 9.11. The highest BCUT2D eigenvalue weighted by atomic mass is 32.1. The maximum atomic E-state index is 5.02. The Kier molecular flexibility index (Phi) is 6.60. The van der Waals surface area contributed by atoms with Gasteiger partial charge in [-0.05, 0) is 25.8 Å². The van der Waals surface area contributed by atoms with Crippen molar-refractivity contribution < 1.29 is 4.74 Å². The van der Waals surface area contributed by atoms with Gasteiger partial charge in [0, 0.05) is 39.9 Å². The van der Waals surface area contributed by atoms with Crippen molar-refractivity contribution in [2.45, 2.75) is 19.3 Å². The second-order valence-corrected chi connectivity index (χ2v) is 4.41. The Hall–Kier alpha value is 0.230. The summed E-state index contributed by atoms with van der Waals surface area (Å²) in [6.07, 6.45) is 3.79. The van der Waals surface area contributed by atoms with E-state index in [1.54, 1.807) is 7.11 Å². The molecule has 84 valence electrons. The van der Waals surface area contributed by atoms with Gasteiger partial charge >= 0.3 is 0 Å². The molecule has 0 bridgehead atoms. The molecule has 0 radical (unpaired) electrons. The molecule has 14 heavy (non-hydrogen) atoms. The highest BCUT2D eigenvalue weighted by Crippen LogP contribution is 2.05. The van der Waals surface area contributed by atoms with Crippen LogP contribution < -0.4 is 0 Å². The SMILES string of the molecule is COCCCCCN1CCN(S)CC1. The van der Waals surface area contributed by atoms with E-state index in [0.717, 1.165) is 19.7 Å². The molecule has 0 aliphatic carbocycles. The van der Waals surface area contributed by atoms with E-state index in [-0.39, 0.29) is 0 Å². The molecule has 0 N–H and O–H groups in total. The lowest BCUT2D eigenvalue weighted by Crippen LogP contribution is -2.42. The van der Waals surface area contributed by atoms with Gasteiger partial charge < -0.3 is 9.64 Å². The predicted molar refractivity (Wildman–Crippen MR) is 62.7 cm³/mol. The molecule has 1 heterocycles. The van der Waals surface area contributed by atoms with Crippen molar-refractivity contribution in [2.75, 3.05) is 46.4 Å². The van der Waals surface area contributed by atoms with Gasteiger partial charge in [-0.2, -0.15) is 0 Å². The molecule has 1 aliphatic rings. The smallest absolute Gasteiger partial charge is 0.0462 e. The van der Waals surface area contributed by atoms with Crippen molar-refractivity contribution in [1.82, 2.24) is 9.21 Å². The van der Waals surface area contributed by atoms with E-state index in [1.165, 1.54) is 38.9 Å². The number of methoxy groups -OCH3 is 1. The van der Waals surface area contributed by atoms with E-state index in [9.17, 15) is 0 Å². The van der Waals surface area contributed by atoms with Crippen LogP contribution in [-0.2, 0) is 4.74 Å². The first-order chi connectivity index (χ1) is 6.83. The van der Waals surface area contributed by atoms with Crippen LogP contribution in [0.3, 0.4) is 0 Å². The summed E-state index contributed by atoms with van der Waals surface area (Å²) in [7, 11) is 1.77. The Bertz CT molecular complexity index is 138. The van der Waals surface area contributed by atoms with E-state index in [2.05, 4.69) is 22.0 Å². The van der Waals surface area contributed by atoms with Gasteiger partial charge in [0.15, 0.2) is 0 Å². The van der Waals surface area contributed by atoms with Gasteiger partial charge in [-0.15, -0.1) is 0 Å². The fraction of sp³-hybridized carbons (Fsp3) is 1.00. The third-order valence-electron chi connectivity index (χ3n) is 2.67. The maximum absolute atomic E-state index is 5.02. The van der Waals surface area contributed by atoms with Gasteiger partial charge in [-0.25, -0.2) is 0 Å². The lowest BCUT2D eigenvalue weighted by molar-refractivity contribution is 0.178. The minimum absolute atomic E-state index is 0.907. The van der Waals surface area contributed by atoms with E-state index in [0.29, 0.717) is 0 Å². The van der Waals surface area contributed by atoms with E-state index in [4.69, 9.17) is 4.74 Å². The van der Waals surface area contributed by atoms with Crippen LogP contribution >= 0.6 is 12.8 Å². The number of hydrogen-bond donors (Lipinski definition) is 1. The average Bonchev–Trinajstić information content (AvgIpc) is 2.21. The summed E-state index contributed by atoms with van der Waals surface area (Å²) < 4.78 is 7.12. The van der Waals surface area contributed by atoms with Crippen molar-refractivity contribution in [3.8, 4) is 0 Å². The van der Waals surface area contributed by atoms with Gasteiger partial charge in [0.1, 0.15) is 0 Å². The topological polar surface area (TPSA) is 15.7 Å². The van der Waals surface area contributed by atoms with E-state index >= 15 is 0 Å². The number of rotatable bonds is 6. The van der Waals surface area contributed by atoms with Crippen LogP contribution in [-0.4, -0.2) is 55.6 Å². The van der Waals surface area contributed by atoms with Crippen LogP contribution in [0.5, 0.6) is 0 Å². The summed E-state index contributed by atoms with van der Waals surface area (Å²) in [6.45, 7) is 6.69. The van der Waals surface area contributed by atoms with Crippen LogP contribution in [0, 0.1) is 0 Å². The lowest BCUT2D eigenvalue weighted by Gasteiger charge is -2.31. The Balaban J connectivity index is 1.91. The van der Waals surface area contributed by atoms with Gasteiger partial charge in [-0.1, -0.05) is 12.8 Å². The predicted octanol–water partition coefficient (Wildman–Crippen LogP) is 1.27. The Morgan fingerprint density at radius 2 is 1.79 bits per heavy atom. The summed E-state index contributed by atoms with van der Waals surface area (Å²) >= 11 is 4.33. The van der Waals surface area contributed by atoms with Gasteiger partial charge in [-0.3, -0.25) is 4.31 Å². The highest BCUT2D eigenvalue weighted by molar-refractivity contribution is 7.77. The zero-order chi connectivity index (χ0) is 10.2. The molecule has 1 aliphatic heterocycles. The number of nitrogens with zero attached hydrogens (tertiary/aromatic N) is 2. The zero-order valence-corrected chi connectivity index (χ0v) is 10.0. The van der Waals surface area contributed by atoms with Gasteiger partial charge in [0.05, 0.1) is 0 Å². The molecule has 1 fully saturated rings. The fourth-order valence-corrected chi connectivity index (χ4v) is 1.90. The van der Waals surface area contributed by atoms with Crippen LogP contribution in [0.1, 0.15) is 19.3 Å². The third-order valence-corrected chi connectivity index (χ3v) is 3.07. The summed E-state index contributed by atoms with van der Waals surface area (Å²) in [5.74, 6) is 0. The normalized spacial score (nSPS) is 20.1. The van der Waals surface area contributed by atoms with Crippen LogP contribution in [0.25, 0.3) is 0 Å². The van der Waals surface area contributed by atoms with Gasteiger partial charge in [0.25, 0.3) is 0 Å². The van der Waals surface area contributed by atoms with E-state index in [1.807, 2.05) is 0 Å². The summed E-state index contributed by atoms with van der Waals surface area (Å²) in [5, 5.41) is 0. The van der Waals surface area contributed by atoms with Crippen molar-refractivity contribution in [3.05, 3.63) is 0 Å². The molecule has 0 spiro atoms. The average molecular weight is 218 g/mol. The number of hydrogen-bond acceptors (Lipinski definition) is 4. The van der Waals surface area contributed by atoms with Crippen LogP contribution in [0.2, 0.25) is 0 Å². The molecule has 3 nitrogen and oxygen atoms in total. The largest absolute Gasteiger partial charge is 0.385 e. The molecular weight excluding hydrogens is 196 g/mol. The Labute approximate surface area is 92.9 Å². The van der Waals surface area contributed by atoms with Gasteiger partial charge in [0.2, 0.25) is 0 Å². The number of ether oxygens (including phenoxy) is 1. The van der Waals surface area contributed by atoms with Crippen molar-refractivity contribution >= 4 is 12.8 Å². The second-order valence-electron chi connectivity index (χ2n) is 3.85. The number of unbranched alkanes of at least 4 members (excludes halogenated alkanes) is 2. The maximum Gasteiger partial charge on any atom is 0.0462 e. The summed E-state index contributed by atoms with van der Waals surface area (Å²) in [6, 6.07) is 0. The molecule has 0 atom stereocenters. The van der Waals surface area contributed by atoms with Crippen LogP contribution in [0.4, 0.5) is 0 Å². The molecule has 0 aromatic carbocycles. The first kappa shape index (κ1) is 12.3. The lowest BCUT2D eigenvalue weighted by atomic mass is 10.2. The Morgan fingerprint density at radius 3 is 2.43 bits per heavy atom. The summed E-state index contributed by atoms with van der Waals surface area (Å²) in [4.78, 5) is 2.53. The number of piperazine rings is 1. The quantitative estimate of drug-likeness (QED) is 0.534. The third kappa shape index (κ3) is 5.20. The molecule has 0 saturated carbocycles. The number of thiol groups is 1. The molecule has 0 amide bonds. The van der Waals surface area contributed by atoms with E-state index < -0.39 is 0 Å². The summed E-state index contributed by atoms with van der Waals surface area (Å²) in [5.41, 5.74) is 0. The molecule has 0 aromatic rings. The van der Waals surface area contributed by atoms with Crippen LogP contribution in [0.15, 0.2) is 0 Å². The fourth-order valence-electron chi connectivity index (χ4n) is 1.72. The van der Waals surface area contributed by atoms with Crippen molar-refractivity contribution in [1.29, 1.82) is 0 Å².